The van der Waals surface area contributed by atoms with Crippen molar-refractivity contribution < 1.29 is 22.4 Å². The van der Waals surface area contributed by atoms with Crippen LogP contribution in [0.5, 0.6) is 0 Å². The lowest BCUT2D eigenvalue weighted by molar-refractivity contribution is -0.137. The Kier molecular flexibility index (Phi) is 4.80. The van der Waals surface area contributed by atoms with Crippen molar-refractivity contribution in [2.75, 3.05) is 13.1 Å². The molecule has 7 heteroatoms. The van der Waals surface area contributed by atoms with Crippen molar-refractivity contribution in [1.29, 1.82) is 0 Å². The molecule has 0 radical (unpaired) electrons. The number of amides is 1. The molecule has 1 aromatic rings. The summed E-state index contributed by atoms with van der Waals surface area (Å²) in [6.45, 7) is 1.39. The normalized spacial score (nSPS) is 25.1. The van der Waals surface area contributed by atoms with Gasteiger partial charge in [-0.25, -0.2) is 4.39 Å². The Morgan fingerprint density at radius 2 is 1.92 bits per heavy atom. The lowest BCUT2D eigenvalue weighted by Gasteiger charge is -2.39. The summed E-state index contributed by atoms with van der Waals surface area (Å²) in [5.74, 6) is -1.56. The van der Waals surface area contributed by atoms with Crippen molar-refractivity contribution in [2.24, 2.45) is 0 Å². The van der Waals surface area contributed by atoms with Gasteiger partial charge in [-0.2, -0.15) is 13.2 Å². The Morgan fingerprint density at radius 1 is 1.12 bits per heavy atom. The van der Waals surface area contributed by atoms with Crippen LogP contribution in [0.2, 0.25) is 0 Å². The van der Waals surface area contributed by atoms with Crippen LogP contribution >= 0.6 is 0 Å². The molecule has 1 N–H and O–H groups in total. The largest absolute Gasteiger partial charge is 0.416 e. The van der Waals surface area contributed by atoms with E-state index in [1.165, 1.54) is 0 Å². The number of likely N-dealkylation sites (tertiary alicyclic amines) is 1. The van der Waals surface area contributed by atoms with Gasteiger partial charge in [0.2, 0.25) is 0 Å². The molecule has 0 aliphatic carbocycles. The highest BCUT2D eigenvalue weighted by atomic mass is 19.4. The number of benzene rings is 1. The quantitative estimate of drug-likeness (QED) is 0.832. The van der Waals surface area contributed by atoms with Crippen LogP contribution in [0.1, 0.15) is 48.0 Å². The second-order valence-corrected chi connectivity index (χ2v) is 6.49. The van der Waals surface area contributed by atoms with Gasteiger partial charge < -0.3 is 10.2 Å². The highest BCUT2D eigenvalue weighted by Crippen LogP contribution is 2.32. The molecule has 1 aromatic carbocycles. The van der Waals surface area contributed by atoms with Gasteiger partial charge in [0.25, 0.3) is 5.91 Å². The molecule has 0 bridgehead atoms. The molecule has 1 amide bonds. The van der Waals surface area contributed by atoms with Crippen LogP contribution in [-0.2, 0) is 6.18 Å². The molecule has 0 spiro atoms. The minimum absolute atomic E-state index is 0.0358. The first kappa shape index (κ1) is 17.2. The maximum atomic E-state index is 13.6. The van der Waals surface area contributed by atoms with Crippen LogP contribution in [0, 0.1) is 5.82 Å². The van der Waals surface area contributed by atoms with E-state index < -0.39 is 23.5 Å². The average Bonchev–Trinajstić information content (AvgIpc) is 3.07. The van der Waals surface area contributed by atoms with Gasteiger partial charge in [-0.15, -0.1) is 0 Å². The fourth-order valence-corrected chi connectivity index (χ4v) is 3.71. The van der Waals surface area contributed by atoms with Crippen LogP contribution in [0.3, 0.4) is 0 Å². The Hall–Kier alpha value is -1.63. The Morgan fingerprint density at radius 3 is 2.58 bits per heavy atom. The molecular formula is C17H20F4N2O. The number of carbonyl (C=O) groups excluding carboxylic acids is 1. The number of alkyl halides is 3. The summed E-state index contributed by atoms with van der Waals surface area (Å²) in [7, 11) is 0. The molecule has 2 aliphatic heterocycles. The van der Waals surface area contributed by atoms with Crippen molar-refractivity contribution in [2.45, 2.75) is 50.4 Å². The number of carbonyl (C=O) groups is 1. The van der Waals surface area contributed by atoms with Crippen molar-refractivity contribution >= 4 is 5.91 Å². The molecule has 3 rings (SSSR count). The van der Waals surface area contributed by atoms with Crippen LogP contribution in [0.25, 0.3) is 0 Å². The molecule has 0 saturated carbocycles. The number of nitrogens with one attached hydrogen (secondary N) is 1. The highest BCUT2D eigenvalue weighted by molar-refractivity contribution is 5.94. The van der Waals surface area contributed by atoms with Crippen molar-refractivity contribution in [3.05, 3.63) is 35.1 Å². The van der Waals surface area contributed by atoms with Crippen LogP contribution < -0.4 is 5.32 Å². The molecule has 24 heavy (non-hydrogen) atoms. The Balaban J connectivity index is 1.87. The second kappa shape index (κ2) is 6.70. The lowest BCUT2D eigenvalue weighted by atomic mass is 9.93. The van der Waals surface area contributed by atoms with E-state index in [1.54, 1.807) is 4.90 Å². The SMILES string of the molecule is O=C(c1cc(F)cc(C(F)(F)F)c1)N1CCCCC1C1CCCN1. The Labute approximate surface area is 138 Å². The molecule has 2 heterocycles. The maximum Gasteiger partial charge on any atom is 0.416 e. The summed E-state index contributed by atoms with van der Waals surface area (Å²) in [4.78, 5) is 14.4. The van der Waals surface area contributed by atoms with E-state index in [1.807, 2.05) is 0 Å². The van der Waals surface area contributed by atoms with E-state index in [4.69, 9.17) is 0 Å². The standard InChI is InChI=1S/C17H20F4N2O/c18-13-9-11(8-12(10-13)17(19,20)21)16(24)23-7-2-1-5-15(23)14-4-3-6-22-14/h8-10,14-15,22H,1-7H2. The number of hydrogen-bond acceptors (Lipinski definition) is 2. The van der Waals surface area contributed by atoms with E-state index in [9.17, 15) is 22.4 Å². The first-order chi connectivity index (χ1) is 11.4. The van der Waals surface area contributed by atoms with E-state index in [2.05, 4.69) is 5.32 Å². The zero-order chi connectivity index (χ0) is 17.3. The monoisotopic (exact) mass is 344 g/mol. The van der Waals surface area contributed by atoms with E-state index in [0.29, 0.717) is 12.6 Å². The topological polar surface area (TPSA) is 32.3 Å². The van der Waals surface area contributed by atoms with Crippen LogP contribution in [0.4, 0.5) is 17.6 Å². The predicted molar refractivity (Wildman–Crippen MR) is 81.1 cm³/mol. The molecule has 3 nitrogen and oxygen atoms in total. The third-order valence-electron chi connectivity index (χ3n) is 4.85. The summed E-state index contributed by atoms with van der Waals surface area (Å²) in [6.07, 6.45) is -0.0664. The second-order valence-electron chi connectivity index (χ2n) is 6.49. The van der Waals surface area contributed by atoms with E-state index >= 15 is 0 Å². The van der Waals surface area contributed by atoms with Gasteiger partial charge in [0.05, 0.1) is 5.56 Å². The van der Waals surface area contributed by atoms with Gasteiger partial charge in [-0.1, -0.05) is 0 Å². The molecule has 132 valence electrons. The first-order valence-corrected chi connectivity index (χ1v) is 8.28. The van der Waals surface area contributed by atoms with E-state index in [-0.39, 0.29) is 17.6 Å². The summed E-state index contributed by atoms with van der Waals surface area (Å²) in [5.41, 5.74) is -1.36. The molecule has 0 aromatic heterocycles. The summed E-state index contributed by atoms with van der Waals surface area (Å²) in [6, 6.07) is 2.20. The molecular weight excluding hydrogens is 324 g/mol. The number of halogens is 4. The average molecular weight is 344 g/mol. The van der Waals surface area contributed by atoms with Crippen LogP contribution in [-0.4, -0.2) is 36.0 Å². The molecule has 2 fully saturated rings. The van der Waals surface area contributed by atoms with Gasteiger partial charge in [0, 0.05) is 24.2 Å². The first-order valence-electron chi connectivity index (χ1n) is 8.28. The zero-order valence-corrected chi connectivity index (χ0v) is 13.2. The predicted octanol–water partition coefficient (Wildman–Crippen LogP) is 3.59. The van der Waals surface area contributed by atoms with Gasteiger partial charge in [-0.3, -0.25) is 4.79 Å². The maximum absolute atomic E-state index is 13.6. The highest BCUT2D eigenvalue weighted by Gasteiger charge is 2.36. The third kappa shape index (κ3) is 3.55. The summed E-state index contributed by atoms with van der Waals surface area (Å²) in [5, 5.41) is 3.36. The van der Waals surface area contributed by atoms with Gasteiger partial charge in [0.1, 0.15) is 5.82 Å². The number of rotatable bonds is 2. The summed E-state index contributed by atoms with van der Waals surface area (Å²) < 4.78 is 52.2. The smallest absolute Gasteiger partial charge is 0.334 e. The fraction of sp³-hybridized carbons (Fsp3) is 0.588. The van der Waals surface area contributed by atoms with E-state index in [0.717, 1.165) is 50.8 Å². The van der Waals surface area contributed by atoms with Crippen molar-refractivity contribution in [3.8, 4) is 0 Å². The lowest BCUT2D eigenvalue weighted by Crippen LogP contribution is -2.52. The van der Waals surface area contributed by atoms with Gasteiger partial charge in [0.15, 0.2) is 0 Å². The minimum atomic E-state index is -4.68. The zero-order valence-electron chi connectivity index (χ0n) is 13.2. The number of piperidine rings is 1. The number of hydrogen-bond donors (Lipinski definition) is 1. The molecule has 2 saturated heterocycles. The molecule has 2 aliphatic rings. The van der Waals surface area contributed by atoms with Gasteiger partial charge in [-0.05, 0) is 56.8 Å². The minimum Gasteiger partial charge on any atom is -0.334 e. The third-order valence-corrected chi connectivity index (χ3v) is 4.85. The van der Waals surface area contributed by atoms with Gasteiger partial charge >= 0.3 is 6.18 Å². The number of nitrogens with zero attached hydrogens (tertiary/aromatic N) is 1. The molecule has 2 unspecified atom stereocenters. The van der Waals surface area contributed by atoms with Crippen molar-refractivity contribution in [1.82, 2.24) is 10.2 Å². The molecule has 2 atom stereocenters. The summed E-state index contributed by atoms with van der Waals surface area (Å²) >= 11 is 0. The Bertz CT molecular complexity index is 611. The van der Waals surface area contributed by atoms with Crippen molar-refractivity contribution in [3.63, 3.8) is 0 Å². The van der Waals surface area contributed by atoms with Crippen LogP contribution in [0.15, 0.2) is 18.2 Å². The fourth-order valence-electron chi connectivity index (χ4n) is 3.71.